The molecule has 0 bridgehead atoms. The first-order valence-electron chi connectivity index (χ1n) is 5.49. The van der Waals surface area contributed by atoms with E-state index in [1.54, 1.807) is 0 Å². The van der Waals surface area contributed by atoms with Crippen molar-refractivity contribution in [1.29, 1.82) is 0 Å². The van der Waals surface area contributed by atoms with Crippen LogP contribution in [0.5, 0.6) is 5.75 Å². The highest BCUT2D eigenvalue weighted by molar-refractivity contribution is 5.26. The lowest BCUT2D eigenvalue weighted by Gasteiger charge is -2.02. The number of hydrogen-bond acceptors (Lipinski definition) is 5. The van der Waals surface area contributed by atoms with E-state index in [4.69, 9.17) is 15.0 Å². The molecule has 0 aliphatic heterocycles. The Kier molecular flexibility index (Phi) is 3.72. The van der Waals surface area contributed by atoms with E-state index in [1.165, 1.54) is 5.56 Å². The highest BCUT2D eigenvalue weighted by Gasteiger charge is 2.05. The van der Waals surface area contributed by atoms with Gasteiger partial charge in [-0.2, -0.15) is 4.98 Å². The molecular weight excluding hydrogens is 218 g/mol. The minimum absolute atomic E-state index is 0.303. The van der Waals surface area contributed by atoms with Gasteiger partial charge in [0.2, 0.25) is 11.7 Å². The third-order valence-corrected chi connectivity index (χ3v) is 2.26. The van der Waals surface area contributed by atoms with Crippen molar-refractivity contribution in [3.05, 3.63) is 41.5 Å². The topological polar surface area (TPSA) is 74.2 Å². The zero-order valence-corrected chi connectivity index (χ0v) is 9.72. The molecule has 0 aliphatic carbocycles. The fourth-order valence-corrected chi connectivity index (χ4v) is 1.36. The van der Waals surface area contributed by atoms with Crippen LogP contribution in [0.25, 0.3) is 0 Å². The van der Waals surface area contributed by atoms with E-state index in [1.807, 2.05) is 31.2 Å². The van der Waals surface area contributed by atoms with Crippen molar-refractivity contribution in [2.24, 2.45) is 5.73 Å². The van der Waals surface area contributed by atoms with Crippen LogP contribution < -0.4 is 10.5 Å². The number of aryl methyl sites for hydroxylation is 1. The minimum Gasteiger partial charge on any atom is -0.485 e. The number of hydrogen-bond donors (Lipinski definition) is 1. The molecule has 1 aromatic heterocycles. The molecule has 1 aromatic carbocycles. The van der Waals surface area contributed by atoms with Gasteiger partial charge in [-0.05, 0) is 19.1 Å². The molecule has 0 atom stereocenters. The summed E-state index contributed by atoms with van der Waals surface area (Å²) >= 11 is 0. The van der Waals surface area contributed by atoms with E-state index >= 15 is 0 Å². The summed E-state index contributed by atoms with van der Waals surface area (Å²) in [6.45, 7) is 2.83. The van der Waals surface area contributed by atoms with Crippen LogP contribution in [0.1, 0.15) is 17.3 Å². The molecule has 0 saturated heterocycles. The van der Waals surface area contributed by atoms with Crippen molar-refractivity contribution >= 4 is 0 Å². The van der Waals surface area contributed by atoms with Crippen LogP contribution in [-0.4, -0.2) is 16.7 Å². The maximum atomic E-state index is 5.52. The predicted octanol–water partition coefficient (Wildman–Crippen LogP) is 1.46. The predicted molar refractivity (Wildman–Crippen MR) is 62.6 cm³/mol. The number of benzene rings is 1. The number of rotatable bonds is 5. The van der Waals surface area contributed by atoms with Crippen LogP contribution in [0.3, 0.4) is 0 Å². The van der Waals surface area contributed by atoms with Crippen molar-refractivity contribution in [1.82, 2.24) is 10.1 Å². The van der Waals surface area contributed by atoms with Gasteiger partial charge >= 0.3 is 0 Å². The molecule has 0 unspecified atom stereocenters. The van der Waals surface area contributed by atoms with Crippen molar-refractivity contribution in [3.63, 3.8) is 0 Å². The summed E-state index contributed by atoms with van der Waals surface area (Å²) < 4.78 is 10.5. The van der Waals surface area contributed by atoms with Gasteiger partial charge in [0.15, 0.2) is 6.61 Å². The fourth-order valence-electron chi connectivity index (χ4n) is 1.36. The maximum Gasteiger partial charge on any atom is 0.228 e. The first-order valence-corrected chi connectivity index (χ1v) is 5.49. The zero-order chi connectivity index (χ0) is 12.1. The van der Waals surface area contributed by atoms with Crippen molar-refractivity contribution in [2.75, 3.05) is 6.54 Å². The Morgan fingerprint density at radius 2 is 2.06 bits per heavy atom. The molecule has 1 heterocycles. The molecular formula is C12H15N3O2. The van der Waals surface area contributed by atoms with Gasteiger partial charge in [-0.1, -0.05) is 22.9 Å². The van der Waals surface area contributed by atoms with Crippen LogP contribution in [0.4, 0.5) is 0 Å². The Morgan fingerprint density at radius 1 is 1.29 bits per heavy atom. The third kappa shape index (κ3) is 3.29. The lowest BCUT2D eigenvalue weighted by Crippen LogP contribution is -2.03. The van der Waals surface area contributed by atoms with Gasteiger partial charge in [-0.15, -0.1) is 0 Å². The Morgan fingerprint density at radius 3 is 2.76 bits per heavy atom. The molecule has 2 rings (SSSR count). The third-order valence-electron chi connectivity index (χ3n) is 2.26. The zero-order valence-electron chi connectivity index (χ0n) is 9.72. The SMILES string of the molecule is Cc1ccc(OCc2noc(CCN)n2)cc1. The lowest BCUT2D eigenvalue weighted by atomic mass is 10.2. The van der Waals surface area contributed by atoms with Gasteiger partial charge < -0.3 is 15.0 Å². The molecule has 0 amide bonds. The average molecular weight is 233 g/mol. The second kappa shape index (κ2) is 5.45. The summed E-state index contributed by atoms with van der Waals surface area (Å²) in [4.78, 5) is 4.15. The Balaban J connectivity index is 1.90. The number of ether oxygens (including phenoxy) is 1. The first kappa shape index (κ1) is 11.6. The minimum atomic E-state index is 0.303. The molecule has 0 aliphatic rings. The van der Waals surface area contributed by atoms with Gasteiger partial charge in [0.25, 0.3) is 0 Å². The second-order valence-electron chi connectivity index (χ2n) is 3.74. The van der Waals surface area contributed by atoms with Gasteiger partial charge in [0.1, 0.15) is 5.75 Å². The van der Waals surface area contributed by atoms with Crippen molar-refractivity contribution < 1.29 is 9.26 Å². The molecule has 5 heteroatoms. The Hall–Kier alpha value is -1.88. The van der Waals surface area contributed by atoms with Crippen LogP contribution in [0, 0.1) is 6.92 Å². The maximum absolute atomic E-state index is 5.52. The van der Waals surface area contributed by atoms with E-state index in [9.17, 15) is 0 Å². The fraction of sp³-hybridized carbons (Fsp3) is 0.333. The van der Waals surface area contributed by atoms with Crippen molar-refractivity contribution in [2.45, 2.75) is 20.0 Å². The quantitative estimate of drug-likeness (QED) is 0.846. The number of aromatic nitrogens is 2. The number of nitrogens with zero attached hydrogens (tertiary/aromatic N) is 2. The van der Waals surface area contributed by atoms with E-state index in [0.717, 1.165) is 5.75 Å². The molecule has 2 N–H and O–H groups in total. The molecule has 90 valence electrons. The lowest BCUT2D eigenvalue weighted by molar-refractivity contribution is 0.285. The Bertz CT molecular complexity index is 465. The molecule has 0 spiro atoms. The normalized spacial score (nSPS) is 10.5. The van der Waals surface area contributed by atoms with Crippen LogP contribution in [0.15, 0.2) is 28.8 Å². The largest absolute Gasteiger partial charge is 0.485 e. The van der Waals surface area contributed by atoms with Gasteiger partial charge in [0.05, 0.1) is 0 Å². The molecule has 5 nitrogen and oxygen atoms in total. The second-order valence-corrected chi connectivity index (χ2v) is 3.74. The molecule has 0 saturated carbocycles. The van der Waals surface area contributed by atoms with E-state index in [-0.39, 0.29) is 0 Å². The van der Waals surface area contributed by atoms with Gasteiger partial charge in [0, 0.05) is 13.0 Å². The smallest absolute Gasteiger partial charge is 0.228 e. The summed E-state index contributed by atoms with van der Waals surface area (Å²) in [6, 6.07) is 7.81. The standard InChI is InChI=1S/C12H15N3O2/c1-9-2-4-10(5-3-9)16-8-11-14-12(6-7-13)17-15-11/h2-5H,6-8,13H2,1H3. The molecule has 17 heavy (non-hydrogen) atoms. The monoisotopic (exact) mass is 233 g/mol. The van der Waals surface area contributed by atoms with Gasteiger partial charge in [-0.3, -0.25) is 0 Å². The average Bonchev–Trinajstić information content (AvgIpc) is 2.77. The summed E-state index contributed by atoms with van der Waals surface area (Å²) in [5, 5.41) is 3.80. The van der Waals surface area contributed by atoms with Gasteiger partial charge in [-0.25, -0.2) is 0 Å². The highest BCUT2D eigenvalue weighted by atomic mass is 16.5. The van der Waals surface area contributed by atoms with Crippen LogP contribution in [-0.2, 0) is 13.0 Å². The number of nitrogens with two attached hydrogens (primary N) is 1. The Labute approximate surface area is 99.6 Å². The van der Waals surface area contributed by atoms with Crippen LogP contribution >= 0.6 is 0 Å². The first-order chi connectivity index (χ1) is 8.28. The molecule has 0 radical (unpaired) electrons. The van der Waals surface area contributed by atoms with Crippen molar-refractivity contribution in [3.8, 4) is 5.75 Å². The summed E-state index contributed by atoms with van der Waals surface area (Å²) in [5.74, 6) is 1.88. The molecule has 0 fully saturated rings. The van der Waals surface area contributed by atoms with E-state index in [2.05, 4.69) is 10.1 Å². The summed E-state index contributed by atoms with van der Waals surface area (Å²) in [5.41, 5.74) is 6.59. The summed E-state index contributed by atoms with van der Waals surface area (Å²) in [6.07, 6.45) is 0.595. The molecule has 2 aromatic rings. The van der Waals surface area contributed by atoms with E-state index in [0.29, 0.717) is 31.3 Å². The van der Waals surface area contributed by atoms with E-state index < -0.39 is 0 Å². The summed E-state index contributed by atoms with van der Waals surface area (Å²) in [7, 11) is 0. The van der Waals surface area contributed by atoms with Crippen LogP contribution in [0.2, 0.25) is 0 Å². The highest BCUT2D eigenvalue weighted by Crippen LogP contribution is 2.12.